The van der Waals surface area contributed by atoms with E-state index in [-0.39, 0.29) is 0 Å². The first-order valence-corrected chi connectivity index (χ1v) is 6.65. The minimum Gasteiger partial charge on any atom is -0.497 e. The summed E-state index contributed by atoms with van der Waals surface area (Å²) in [5, 5.41) is 7.84. The Labute approximate surface area is 114 Å². The Morgan fingerprint density at radius 1 is 1.26 bits per heavy atom. The van der Waals surface area contributed by atoms with Gasteiger partial charge in [0.25, 0.3) is 0 Å². The molecule has 1 aromatic heterocycles. The first-order chi connectivity index (χ1) is 9.22. The highest BCUT2D eigenvalue weighted by Gasteiger charge is 2.04. The van der Waals surface area contributed by atoms with Crippen molar-refractivity contribution in [3.05, 3.63) is 42.1 Å². The van der Waals surface area contributed by atoms with Crippen molar-refractivity contribution in [2.24, 2.45) is 0 Å². The molecule has 1 atom stereocenters. The van der Waals surface area contributed by atoms with Crippen molar-refractivity contribution in [2.75, 3.05) is 12.4 Å². The van der Waals surface area contributed by atoms with E-state index in [0.29, 0.717) is 6.04 Å². The zero-order valence-corrected chi connectivity index (χ0v) is 11.8. The third-order valence-corrected chi connectivity index (χ3v) is 3.28. The molecular weight excluding hydrogens is 238 g/mol. The molecule has 0 saturated carbocycles. The topological polar surface area (TPSA) is 39.1 Å². The molecule has 1 aromatic carbocycles. The quantitative estimate of drug-likeness (QED) is 0.863. The third-order valence-electron chi connectivity index (χ3n) is 3.28. The van der Waals surface area contributed by atoms with E-state index in [0.717, 1.165) is 24.5 Å². The van der Waals surface area contributed by atoms with Crippen LogP contribution in [0.4, 0.5) is 5.82 Å². The lowest BCUT2D eigenvalue weighted by atomic mass is 10.2. The summed E-state index contributed by atoms with van der Waals surface area (Å²) in [5.41, 5.74) is 1.21. The van der Waals surface area contributed by atoms with Gasteiger partial charge in [0.15, 0.2) is 0 Å². The molecule has 0 aliphatic carbocycles. The van der Waals surface area contributed by atoms with Crippen molar-refractivity contribution in [3.8, 4) is 5.75 Å². The molecular formula is C15H21N3O. The van der Waals surface area contributed by atoms with Crippen LogP contribution in [0.1, 0.15) is 31.9 Å². The summed E-state index contributed by atoms with van der Waals surface area (Å²) < 4.78 is 7.13. The Hall–Kier alpha value is -1.97. The van der Waals surface area contributed by atoms with Gasteiger partial charge in [-0.2, -0.15) is 5.10 Å². The molecule has 2 aromatic rings. The number of ether oxygens (including phenoxy) is 1. The Morgan fingerprint density at radius 3 is 2.63 bits per heavy atom. The van der Waals surface area contributed by atoms with Crippen LogP contribution in [0.25, 0.3) is 0 Å². The van der Waals surface area contributed by atoms with Gasteiger partial charge in [-0.05, 0) is 31.0 Å². The first-order valence-electron chi connectivity index (χ1n) is 6.65. The van der Waals surface area contributed by atoms with Crippen molar-refractivity contribution in [2.45, 2.75) is 32.9 Å². The molecule has 2 rings (SSSR count). The molecule has 0 saturated heterocycles. The standard InChI is InChI=1S/C15H21N3O/c1-4-12(2)18-10-9-15(17-18)16-11-13-5-7-14(19-3)8-6-13/h5-10,12H,4,11H2,1-3H3,(H,16,17). The van der Waals surface area contributed by atoms with Crippen LogP contribution in [0.15, 0.2) is 36.5 Å². The lowest BCUT2D eigenvalue weighted by molar-refractivity contribution is 0.414. The number of anilines is 1. The van der Waals surface area contributed by atoms with Crippen molar-refractivity contribution in [3.63, 3.8) is 0 Å². The van der Waals surface area contributed by atoms with Crippen molar-refractivity contribution in [1.82, 2.24) is 9.78 Å². The Bertz CT molecular complexity index is 504. The summed E-state index contributed by atoms with van der Waals surface area (Å²) >= 11 is 0. The van der Waals surface area contributed by atoms with Crippen molar-refractivity contribution in [1.29, 1.82) is 0 Å². The second-order valence-corrected chi connectivity index (χ2v) is 4.64. The lowest BCUT2D eigenvalue weighted by Crippen LogP contribution is -2.06. The van der Waals surface area contributed by atoms with E-state index in [1.165, 1.54) is 5.56 Å². The monoisotopic (exact) mass is 259 g/mol. The number of aromatic nitrogens is 2. The molecule has 0 bridgehead atoms. The maximum Gasteiger partial charge on any atom is 0.148 e. The summed E-state index contributed by atoms with van der Waals surface area (Å²) in [6.07, 6.45) is 3.10. The van der Waals surface area contributed by atoms with E-state index >= 15 is 0 Å². The van der Waals surface area contributed by atoms with Gasteiger partial charge in [-0.1, -0.05) is 19.1 Å². The van der Waals surface area contributed by atoms with Crippen molar-refractivity contribution >= 4 is 5.82 Å². The second kappa shape index (κ2) is 6.27. The summed E-state index contributed by atoms with van der Waals surface area (Å²) in [7, 11) is 1.68. The maximum atomic E-state index is 5.14. The normalized spacial score (nSPS) is 12.2. The molecule has 0 aliphatic heterocycles. The fourth-order valence-corrected chi connectivity index (χ4v) is 1.80. The number of hydrogen-bond acceptors (Lipinski definition) is 3. The number of hydrogen-bond donors (Lipinski definition) is 1. The van der Waals surface area contributed by atoms with E-state index in [9.17, 15) is 0 Å². The summed E-state index contributed by atoms with van der Waals surface area (Å²) in [4.78, 5) is 0. The predicted octanol–water partition coefficient (Wildman–Crippen LogP) is 3.47. The molecule has 0 fully saturated rings. The molecule has 4 nitrogen and oxygen atoms in total. The van der Waals surface area contributed by atoms with Crippen LogP contribution in [0.2, 0.25) is 0 Å². The predicted molar refractivity (Wildman–Crippen MR) is 77.5 cm³/mol. The molecule has 0 radical (unpaired) electrons. The van der Waals surface area contributed by atoms with E-state index in [1.54, 1.807) is 7.11 Å². The Balaban J connectivity index is 1.92. The van der Waals surface area contributed by atoms with Gasteiger partial charge >= 0.3 is 0 Å². The largest absolute Gasteiger partial charge is 0.497 e. The first kappa shape index (κ1) is 13.5. The molecule has 0 amide bonds. The number of rotatable bonds is 6. The van der Waals surface area contributed by atoms with Crippen molar-refractivity contribution < 1.29 is 4.74 Å². The van der Waals surface area contributed by atoms with Crippen LogP contribution in [0.3, 0.4) is 0 Å². The molecule has 1 heterocycles. The van der Waals surface area contributed by atoms with Gasteiger partial charge in [-0.25, -0.2) is 0 Å². The molecule has 19 heavy (non-hydrogen) atoms. The Morgan fingerprint density at radius 2 is 2.00 bits per heavy atom. The third kappa shape index (κ3) is 3.50. The lowest BCUT2D eigenvalue weighted by Gasteiger charge is -2.08. The van der Waals surface area contributed by atoms with Crippen LogP contribution >= 0.6 is 0 Å². The smallest absolute Gasteiger partial charge is 0.148 e. The second-order valence-electron chi connectivity index (χ2n) is 4.64. The van der Waals surface area contributed by atoms with E-state index in [4.69, 9.17) is 4.74 Å². The molecule has 0 spiro atoms. The highest BCUT2D eigenvalue weighted by atomic mass is 16.5. The van der Waals surface area contributed by atoms with Crippen LogP contribution < -0.4 is 10.1 Å². The average Bonchev–Trinajstić information content (AvgIpc) is 2.93. The molecule has 1 unspecified atom stereocenters. The van der Waals surface area contributed by atoms with Crippen LogP contribution in [-0.4, -0.2) is 16.9 Å². The molecule has 102 valence electrons. The zero-order chi connectivity index (χ0) is 13.7. The van der Waals surface area contributed by atoms with Crippen LogP contribution in [-0.2, 0) is 6.54 Å². The van der Waals surface area contributed by atoms with E-state index < -0.39 is 0 Å². The van der Waals surface area contributed by atoms with Gasteiger partial charge in [-0.3, -0.25) is 4.68 Å². The maximum absolute atomic E-state index is 5.14. The van der Waals surface area contributed by atoms with Gasteiger partial charge in [0.1, 0.15) is 11.6 Å². The van der Waals surface area contributed by atoms with Gasteiger partial charge in [0.05, 0.1) is 7.11 Å². The number of benzene rings is 1. The SMILES string of the molecule is CCC(C)n1ccc(NCc2ccc(OC)cc2)n1. The Kier molecular flexibility index (Phi) is 4.44. The minimum atomic E-state index is 0.441. The summed E-state index contributed by atoms with van der Waals surface area (Å²) in [5.74, 6) is 1.79. The van der Waals surface area contributed by atoms with Gasteiger partial charge in [0.2, 0.25) is 0 Å². The fraction of sp³-hybridized carbons (Fsp3) is 0.400. The molecule has 1 N–H and O–H groups in total. The minimum absolute atomic E-state index is 0.441. The van der Waals surface area contributed by atoms with Gasteiger partial charge in [-0.15, -0.1) is 0 Å². The van der Waals surface area contributed by atoms with E-state index in [1.807, 2.05) is 29.1 Å². The number of nitrogens with one attached hydrogen (secondary N) is 1. The average molecular weight is 259 g/mol. The highest BCUT2D eigenvalue weighted by molar-refractivity contribution is 5.35. The van der Waals surface area contributed by atoms with Crippen LogP contribution in [0.5, 0.6) is 5.75 Å². The van der Waals surface area contributed by atoms with Crippen LogP contribution in [0, 0.1) is 0 Å². The van der Waals surface area contributed by atoms with Gasteiger partial charge < -0.3 is 10.1 Å². The molecule has 0 aliphatic rings. The van der Waals surface area contributed by atoms with Gasteiger partial charge in [0, 0.05) is 24.8 Å². The summed E-state index contributed by atoms with van der Waals surface area (Å²) in [6.45, 7) is 5.10. The number of nitrogens with zero attached hydrogens (tertiary/aromatic N) is 2. The highest BCUT2D eigenvalue weighted by Crippen LogP contribution is 2.14. The zero-order valence-electron chi connectivity index (χ0n) is 11.8. The summed E-state index contributed by atoms with van der Waals surface area (Å²) in [6, 6.07) is 10.5. The van der Waals surface area contributed by atoms with E-state index in [2.05, 4.69) is 36.4 Å². The number of methoxy groups -OCH3 is 1. The fourth-order valence-electron chi connectivity index (χ4n) is 1.80. The molecule has 4 heteroatoms.